The second kappa shape index (κ2) is 10.2. The zero-order valence-corrected chi connectivity index (χ0v) is 21.1. The number of nitrogens with two attached hydrogens (primary N) is 1. The van der Waals surface area contributed by atoms with Gasteiger partial charge in [-0.25, -0.2) is 14.6 Å². The number of amides is 1. The van der Waals surface area contributed by atoms with Gasteiger partial charge >= 0.3 is 11.9 Å². The van der Waals surface area contributed by atoms with Gasteiger partial charge < -0.3 is 20.5 Å². The highest BCUT2D eigenvalue weighted by Crippen LogP contribution is 2.43. The molecular formula is C27H25N3O5S. The molecule has 0 fully saturated rings. The molecule has 3 aromatic rings. The predicted octanol–water partition coefficient (Wildman–Crippen LogP) is 4.16. The molecule has 4 rings (SSSR count). The van der Waals surface area contributed by atoms with Crippen LogP contribution in [0.2, 0.25) is 0 Å². The van der Waals surface area contributed by atoms with Gasteiger partial charge in [0.15, 0.2) is 0 Å². The number of methoxy groups -OCH3 is 2. The van der Waals surface area contributed by atoms with Crippen LogP contribution in [-0.2, 0) is 19.1 Å². The van der Waals surface area contributed by atoms with Crippen LogP contribution in [-0.4, -0.2) is 37.0 Å². The standard InChI is InChI=1S/C27H25N3O5S/c1-14-21(26(32)34-3)23(22(15(2)29-14)27(33)35-4)18-7-5-6-8-19(18)25-30-20(13-36-25)16-9-11-17(12-10-16)24(28)31/h5-13,23,29H,1-4H3,(H2,28,31). The van der Waals surface area contributed by atoms with Crippen LogP contribution < -0.4 is 11.1 Å². The number of ether oxygens (including phenoxy) is 2. The maximum Gasteiger partial charge on any atom is 0.336 e. The second-order valence-electron chi connectivity index (χ2n) is 8.19. The lowest BCUT2D eigenvalue weighted by Crippen LogP contribution is -2.32. The van der Waals surface area contributed by atoms with Crippen molar-refractivity contribution < 1.29 is 23.9 Å². The normalized spacial score (nSPS) is 13.9. The van der Waals surface area contributed by atoms with E-state index in [0.29, 0.717) is 33.1 Å². The highest BCUT2D eigenvalue weighted by atomic mass is 32.1. The third kappa shape index (κ3) is 4.52. The minimum absolute atomic E-state index is 0.328. The van der Waals surface area contributed by atoms with Gasteiger partial charge in [0.1, 0.15) is 5.01 Å². The van der Waals surface area contributed by atoms with E-state index in [-0.39, 0.29) is 0 Å². The van der Waals surface area contributed by atoms with Crippen LogP contribution >= 0.6 is 11.3 Å². The van der Waals surface area contributed by atoms with Gasteiger partial charge in [-0.1, -0.05) is 36.4 Å². The van der Waals surface area contributed by atoms with Gasteiger partial charge in [-0.2, -0.15) is 0 Å². The van der Waals surface area contributed by atoms with Crippen LogP contribution in [0.15, 0.2) is 76.5 Å². The molecule has 1 aromatic heterocycles. The first-order valence-electron chi connectivity index (χ1n) is 11.1. The quantitative estimate of drug-likeness (QED) is 0.485. The minimum Gasteiger partial charge on any atom is -0.466 e. The third-order valence-corrected chi connectivity index (χ3v) is 6.92. The third-order valence-electron chi connectivity index (χ3n) is 6.04. The topological polar surface area (TPSA) is 121 Å². The van der Waals surface area contributed by atoms with Crippen LogP contribution in [0.1, 0.15) is 35.7 Å². The fraction of sp³-hybridized carbons (Fsp3) is 0.185. The number of dihydropyridines is 1. The highest BCUT2D eigenvalue weighted by Gasteiger charge is 2.38. The van der Waals surface area contributed by atoms with Crippen molar-refractivity contribution in [3.8, 4) is 21.8 Å². The van der Waals surface area contributed by atoms with Crippen molar-refractivity contribution in [3.05, 3.63) is 87.6 Å². The fourth-order valence-electron chi connectivity index (χ4n) is 4.34. The maximum absolute atomic E-state index is 12.9. The van der Waals surface area contributed by atoms with Gasteiger partial charge in [0, 0.05) is 33.5 Å². The van der Waals surface area contributed by atoms with Crippen molar-refractivity contribution in [2.24, 2.45) is 5.73 Å². The summed E-state index contributed by atoms with van der Waals surface area (Å²) in [5.41, 5.74) is 10.7. The number of aromatic nitrogens is 1. The van der Waals surface area contributed by atoms with Crippen molar-refractivity contribution in [3.63, 3.8) is 0 Å². The lowest BCUT2D eigenvalue weighted by Gasteiger charge is -2.31. The Morgan fingerprint density at radius 2 is 1.50 bits per heavy atom. The summed E-state index contributed by atoms with van der Waals surface area (Å²) in [7, 11) is 2.62. The molecular weight excluding hydrogens is 478 g/mol. The first kappa shape index (κ1) is 24.9. The number of nitrogens with zero attached hydrogens (tertiary/aromatic N) is 1. The molecule has 2 heterocycles. The lowest BCUT2D eigenvalue weighted by molar-refractivity contribution is -0.137. The first-order chi connectivity index (χ1) is 17.3. The molecule has 3 N–H and O–H groups in total. The summed E-state index contributed by atoms with van der Waals surface area (Å²) in [6.07, 6.45) is 0. The number of hydrogen-bond donors (Lipinski definition) is 2. The fourth-order valence-corrected chi connectivity index (χ4v) is 5.22. The van der Waals surface area contributed by atoms with E-state index < -0.39 is 23.8 Å². The van der Waals surface area contributed by atoms with E-state index in [4.69, 9.17) is 20.2 Å². The van der Waals surface area contributed by atoms with E-state index in [2.05, 4.69) is 5.32 Å². The Morgan fingerprint density at radius 3 is 2.06 bits per heavy atom. The lowest BCUT2D eigenvalue weighted by atomic mass is 9.78. The SMILES string of the molecule is COC(=O)C1=C(C)NC(C)=C(C(=O)OC)C1c1ccccc1-c1nc(-c2ccc(C(N)=O)cc2)cs1. The first-order valence-corrected chi connectivity index (χ1v) is 11.9. The largest absolute Gasteiger partial charge is 0.466 e. The summed E-state index contributed by atoms with van der Waals surface area (Å²) in [5.74, 6) is -2.29. The van der Waals surface area contributed by atoms with E-state index >= 15 is 0 Å². The van der Waals surface area contributed by atoms with E-state index in [0.717, 1.165) is 22.4 Å². The number of thiazole rings is 1. The van der Waals surface area contributed by atoms with Crippen LogP contribution in [0, 0.1) is 0 Å². The average molecular weight is 504 g/mol. The number of nitrogens with one attached hydrogen (secondary N) is 1. The Kier molecular flexibility index (Phi) is 7.03. The van der Waals surface area contributed by atoms with Crippen molar-refractivity contribution in [2.45, 2.75) is 19.8 Å². The molecule has 0 bridgehead atoms. The molecule has 1 amide bonds. The van der Waals surface area contributed by atoms with Gasteiger partial charge in [0.25, 0.3) is 0 Å². The van der Waals surface area contributed by atoms with Crippen molar-refractivity contribution in [1.29, 1.82) is 0 Å². The van der Waals surface area contributed by atoms with E-state index in [1.807, 2.05) is 29.6 Å². The Bertz CT molecular complexity index is 1380. The molecule has 8 nitrogen and oxygen atoms in total. The molecule has 1 aliphatic heterocycles. The van der Waals surface area contributed by atoms with Crippen molar-refractivity contribution >= 4 is 29.2 Å². The summed E-state index contributed by atoms with van der Waals surface area (Å²) in [4.78, 5) is 42.0. The smallest absolute Gasteiger partial charge is 0.336 e. The molecule has 2 aromatic carbocycles. The van der Waals surface area contributed by atoms with Crippen LogP contribution in [0.3, 0.4) is 0 Å². The molecule has 1 aliphatic rings. The summed E-state index contributed by atoms with van der Waals surface area (Å²) in [6.45, 7) is 3.55. The zero-order valence-electron chi connectivity index (χ0n) is 20.2. The zero-order chi connectivity index (χ0) is 26.0. The second-order valence-corrected chi connectivity index (χ2v) is 9.04. The van der Waals surface area contributed by atoms with Crippen LogP contribution in [0.5, 0.6) is 0 Å². The molecule has 36 heavy (non-hydrogen) atoms. The van der Waals surface area contributed by atoms with Crippen molar-refractivity contribution in [2.75, 3.05) is 14.2 Å². The predicted molar refractivity (Wildman–Crippen MR) is 137 cm³/mol. The summed E-state index contributed by atoms with van der Waals surface area (Å²) >= 11 is 1.44. The molecule has 0 unspecified atom stereocenters. The van der Waals surface area contributed by atoms with E-state index in [1.165, 1.54) is 25.6 Å². The number of carbonyl (C=O) groups is 3. The molecule has 0 saturated heterocycles. The van der Waals surface area contributed by atoms with Crippen molar-refractivity contribution in [1.82, 2.24) is 10.3 Å². The average Bonchev–Trinajstić information content (AvgIpc) is 3.37. The molecule has 0 atom stereocenters. The summed E-state index contributed by atoms with van der Waals surface area (Å²) in [5, 5.41) is 5.74. The minimum atomic E-state index is -0.718. The number of hydrogen-bond acceptors (Lipinski definition) is 8. The number of primary amides is 1. The van der Waals surface area contributed by atoms with Gasteiger partial charge in [0.05, 0.1) is 37.0 Å². The van der Waals surface area contributed by atoms with Gasteiger partial charge in [-0.05, 0) is 31.5 Å². The number of carbonyl (C=O) groups excluding carboxylic acids is 3. The molecule has 0 saturated carbocycles. The number of rotatable bonds is 6. The van der Waals surface area contributed by atoms with Crippen LogP contribution in [0.4, 0.5) is 0 Å². The Hall–Kier alpha value is -4.24. The van der Waals surface area contributed by atoms with Gasteiger partial charge in [-0.3, -0.25) is 4.79 Å². The number of allylic oxidation sites excluding steroid dienone is 2. The van der Waals surface area contributed by atoms with Crippen LogP contribution in [0.25, 0.3) is 21.8 Å². The summed E-state index contributed by atoms with van der Waals surface area (Å²) < 4.78 is 10.2. The Labute approximate surface area is 212 Å². The van der Waals surface area contributed by atoms with Gasteiger partial charge in [-0.15, -0.1) is 11.3 Å². The molecule has 184 valence electrons. The molecule has 0 aliphatic carbocycles. The number of benzene rings is 2. The monoisotopic (exact) mass is 503 g/mol. The Balaban J connectivity index is 1.85. The number of esters is 2. The molecule has 9 heteroatoms. The van der Waals surface area contributed by atoms with E-state index in [1.54, 1.807) is 38.1 Å². The molecule has 0 spiro atoms. The Morgan fingerprint density at radius 1 is 0.917 bits per heavy atom. The summed E-state index contributed by atoms with van der Waals surface area (Å²) in [6, 6.07) is 14.4. The highest BCUT2D eigenvalue weighted by molar-refractivity contribution is 7.13. The maximum atomic E-state index is 12.9. The van der Waals surface area contributed by atoms with Gasteiger partial charge in [0.2, 0.25) is 5.91 Å². The molecule has 0 radical (unpaired) electrons. The van der Waals surface area contributed by atoms with E-state index in [9.17, 15) is 14.4 Å².